The number of carbonyl (C=O) groups excluding carboxylic acids is 3. The van der Waals surface area contributed by atoms with Crippen LogP contribution in [-0.2, 0) is 19.2 Å². The molecule has 3 amide bonds. The van der Waals surface area contributed by atoms with Gasteiger partial charge in [-0.15, -0.1) is 0 Å². The van der Waals surface area contributed by atoms with Crippen molar-refractivity contribution >= 4 is 23.7 Å². The van der Waals surface area contributed by atoms with E-state index in [1.807, 2.05) is 20.8 Å². The molecule has 9 nitrogen and oxygen atoms in total. The third-order valence-electron chi connectivity index (χ3n) is 5.83. The smallest absolute Gasteiger partial charge is 0.326 e. The summed E-state index contributed by atoms with van der Waals surface area (Å²) in [5.41, 5.74) is 5.99. The maximum absolute atomic E-state index is 13.0. The van der Waals surface area contributed by atoms with Crippen LogP contribution in [-0.4, -0.2) is 53.0 Å². The van der Waals surface area contributed by atoms with Gasteiger partial charge in [0.15, 0.2) is 0 Å². The normalized spacial score (nSPS) is 17.3. The molecule has 0 radical (unpaired) electrons. The van der Waals surface area contributed by atoms with Crippen molar-refractivity contribution in [2.75, 3.05) is 0 Å². The standard InChI is InChI=1S/C22H42N4O5/c1-9-13(7)15(23)19(27)24-16(11(3)4)20(28)26-18(14(8)10-2)21(29)25-17(12(5)6)22(30)31/h11-18H,9-10,23H2,1-8H3,(H,24,27)(H,25,29)(H,26,28)(H,30,31). The molecule has 0 aliphatic heterocycles. The topological polar surface area (TPSA) is 151 Å². The largest absolute Gasteiger partial charge is 0.480 e. The molecular weight excluding hydrogens is 400 g/mol. The molecule has 6 N–H and O–H groups in total. The molecular formula is C22H42N4O5. The summed E-state index contributed by atoms with van der Waals surface area (Å²) >= 11 is 0. The molecule has 0 fully saturated rings. The Morgan fingerprint density at radius 1 is 0.677 bits per heavy atom. The minimum atomic E-state index is -1.14. The van der Waals surface area contributed by atoms with E-state index in [0.717, 1.165) is 6.42 Å². The van der Waals surface area contributed by atoms with Crippen LogP contribution in [0.25, 0.3) is 0 Å². The molecule has 9 heteroatoms. The first-order chi connectivity index (χ1) is 14.3. The Labute approximate surface area is 186 Å². The average Bonchev–Trinajstić information content (AvgIpc) is 2.70. The summed E-state index contributed by atoms with van der Waals surface area (Å²) in [4.78, 5) is 49.8. The maximum atomic E-state index is 13.0. The Bertz CT molecular complexity index is 623. The van der Waals surface area contributed by atoms with Gasteiger partial charge in [-0.1, -0.05) is 68.2 Å². The van der Waals surface area contributed by atoms with Crippen LogP contribution in [0.2, 0.25) is 0 Å². The summed E-state index contributed by atoms with van der Waals surface area (Å²) in [5.74, 6) is -3.46. The molecule has 6 atom stereocenters. The lowest BCUT2D eigenvalue weighted by Gasteiger charge is -2.30. The van der Waals surface area contributed by atoms with E-state index in [-0.39, 0.29) is 23.7 Å². The fourth-order valence-corrected chi connectivity index (χ4v) is 3.00. The molecule has 0 saturated carbocycles. The van der Waals surface area contributed by atoms with Gasteiger partial charge in [-0.3, -0.25) is 14.4 Å². The molecule has 0 heterocycles. The molecule has 0 aliphatic rings. The van der Waals surface area contributed by atoms with Crippen molar-refractivity contribution in [1.82, 2.24) is 16.0 Å². The third-order valence-corrected chi connectivity index (χ3v) is 5.83. The zero-order chi connectivity index (χ0) is 24.5. The number of amides is 3. The van der Waals surface area contributed by atoms with Crippen LogP contribution in [0.1, 0.15) is 68.2 Å². The SMILES string of the molecule is CCC(C)C(N)C(=O)NC(C(=O)NC(C(=O)NC(C(=O)O)C(C)C)C(C)CC)C(C)C. The van der Waals surface area contributed by atoms with Gasteiger partial charge in [0.25, 0.3) is 0 Å². The second-order valence-electron chi connectivity index (χ2n) is 9.08. The first kappa shape index (κ1) is 28.8. The number of hydrogen-bond donors (Lipinski definition) is 5. The highest BCUT2D eigenvalue weighted by Gasteiger charge is 2.34. The molecule has 0 aromatic carbocycles. The molecule has 0 bridgehead atoms. The number of carboxylic acids is 1. The van der Waals surface area contributed by atoms with E-state index in [1.165, 1.54) is 0 Å². The van der Waals surface area contributed by atoms with Gasteiger partial charge in [0.05, 0.1) is 6.04 Å². The van der Waals surface area contributed by atoms with Crippen LogP contribution in [0.5, 0.6) is 0 Å². The van der Waals surface area contributed by atoms with E-state index in [1.54, 1.807) is 34.6 Å². The summed E-state index contributed by atoms with van der Waals surface area (Å²) in [5, 5.41) is 17.3. The van der Waals surface area contributed by atoms with E-state index in [2.05, 4.69) is 16.0 Å². The number of aliphatic carboxylic acids is 1. The van der Waals surface area contributed by atoms with Gasteiger partial charge in [0.2, 0.25) is 17.7 Å². The number of hydrogen-bond acceptors (Lipinski definition) is 5. The molecule has 0 aromatic rings. The highest BCUT2D eigenvalue weighted by atomic mass is 16.4. The van der Waals surface area contributed by atoms with Crippen molar-refractivity contribution in [3.63, 3.8) is 0 Å². The van der Waals surface area contributed by atoms with Crippen LogP contribution in [0, 0.1) is 23.7 Å². The summed E-state index contributed by atoms with van der Waals surface area (Å²) in [6.45, 7) is 14.4. The predicted molar refractivity (Wildman–Crippen MR) is 120 cm³/mol. The molecule has 31 heavy (non-hydrogen) atoms. The Hall–Kier alpha value is -2.16. The highest BCUT2D eigenvalue weighted by Crippen LogP contribution is 2.13. The number of carboxylic acid groups (broad SMARTS) is 1. The summed E-state index contributed by atoms with van der Waals surface area (Å²) in [6.07, 6.45) is 1.32. The van der Waals surface area contributed by atoms with Crippen molar-refractivity contribution in [2.24, 2.45) is 29.4 Å². The maximum Gasteiger partial charge on any atom is 0.326 e. The van der Waals surface area contributed by atoms with Gasteiger partial charge in [0.1, 0.15) is 18.1 Å². The van der Waals surface area contributed by atoms with Gasteiger partial charge >= 0.3 is 5.97 Å². The zero-order valence-electron chi connectivity index (χ0n) is 20.2. The molecule has 0 rings (SSSR count). The summed E-state index contributed by atoms with van der Waals surface area (Å²) in [7, 11) is 0. The van der Waals surface area contributed by atoms with Crippen LogP contribution < -0.4 is 21.7 Å². The lowest BCUT2D eigenvalue weighted by molar-refractivity contribution is -0.144. The quantitative estimate of drug-likeness (QED) is 0.290. The highest BCUT2D eigenvalue weighted by molar-refractivity contribution is 5.94. The van der Waals surface area contributed by atoms with Gasteiger partial charge < -0.3 is 26.8 Å². The summed E-state index contributed by atoms with van der Waals surface area (Å²) in [6, 6.07) is -3.61. The molecule has 0 saturated heterocycles. The van der Waals surface area contributed by atoms with E-state index in [4.69, 9.17) is 5.73 Å². The van der Waals surface area contributed by atoms with Crippen molar-refractivity contribution < 1.29 is 24.3 Å². The Balaban J connectivity index is 5.52. The number of nitrogens with two attached hydrogens (primary N) is 1. The van der Waals surface area contributed by atoms with E-state index in [9.17, 15) is 24.3 Å². The number of rotatable bonds is 13. The molecule has 180 valence electrons. The van der Waals surface area contributed by atoms with Crippen LogP contribution in [0.4, 0.5) is 0 Å². The second kappa shape index (κ2) is 13.3. The Kier molecular flexibility index (Phi) is 12.4. The van der Waals surface area contributed by atoms with Crippen LogP contribution >= 0.6 is 0 Å². The average molecular weight is 443 g/mol. The molecule has 6 unspecified atom stereocenters. The lowest BCUT2D eigenvalue weighted by Crippen LogP contribution is -2.60. The zero-order valence-corrected chi connectivity index (χ0v) is 20.2. The van der Waals surface area contributed by atoms with E-state index in [0.29, 0.717) is 6.42 Å². The minimum Gasteiger partial charge on any atom is -0.480 e. The van der Waals surface area contributed by atoms with Crippen molar-refractivity contribution in [1.29, 1.82) is 0 Å². The van der Waals surface area contributed by atoms with Crippen LogP contribution in [0.3, 0.4) is 0 Å². The molecule has 0 aromatic heterocycles. The first-order valence-corrected chi connectivity index (χ1v) is 11.2. The summed E-state index contributed by atoms with van der Waals surface area (Å²) < 4.78 is 0. The monoisotopic (exact) mass is 442 g/mol. The van der Waals surface area contributed by atoms with E-state index >= 15 is 0 Å². The molecule has 0 aliphatic carbocycles. The number of carbonyl (C=O) groups is 4. The van der Waals surface area contributed by atoms with Crippen LogP contribution in [0.15, 0.2) is 0 Å². The number of nitrogens with one attached hydrogen (secondary N) is 3. The van der Waals surface area contributed by atoms with Crippen molar-refractivity contribution in [2.45, 2.75) is 92.4 Å². The van der Waals surface area contributed by atoms with Gasteiger partial charge in [0, 0.05) is 0 Å². The van der Waals surface area contributed by atoms with E-state index < -0.39 is 47.9 Å². The lowest BCUT2D eigenvalue weighted by atomic mass is 9.94. The third kappa shape index (κ3) is 8.85. The van der Waals surface area contributed by atoms with Crippen molar-refractivity contribution in [3.8, 4) is 0 Å². The fourth-order valence-electron chi connectivity index (χ4n) is 3.00. The van der Waals surface area contributed by atoms with Gasteiger partial charge in [-0.05, 0) is 23.7 Å². The Morgan fingerprint density at radius 2 is 1.06 bits per heavy atom. The Morgan fingerprint density at radius 3 is 1.45 bits per heavy atom. The first-order valence-electron chi connectivity index (χ1n) is 11.2. The molecule has 0 spiro atoms. The predicted octanol–water partition coefficient (Wildman–Crippen LogP) is 1.26. The minimum absolute atomic E-state index is 0.0431. The van der Waals surface area contributed by atoms with Crippen molar-refractivity contribution in [3.05, 3.63) is 0 Å². The fraction of sp³-hybridized carbons (Fsp3) is 0.818. The second-order valence-corrected chi connectivity index (χ2v) is 9.08. The van der Waals surface area contributed by atoms with Gasteiger partial charge in [-0.25, -0.2) is 4.79 Å². The van der Waals surface area contributed by atoms with Gasteiger partial charge in [-0.2, -0.15) is 0 Å².